The molecular formula is C26H31BrN4O2. The molecule has 1 aromatic heterocycles. The number of anilines is 1. The molecule has 0 spiro atoms. The van der Waals surface area contributed by atoms with Gasteiger partial charge in [-0.2, -0.15) is 5.10 Å². The number of carbonyl (C=O) groups excluding carboxylic acids is 2. The van der Waals surface area contributed by atoms with Crippen LogP contribution in [0.2, 0.25) is 0 Å². The molecule has 0 aliphatic heterocycles. The molecule has 0 saturated heterocycles. The molecule has 0 atom stereocenters. The lowest BCUT2D eigenvalue weighted by atomic mass is 9.92. The zero-order chi connectivity index (χ0) is 24.2. The number of nitrogens with one attached hydrogen (secondary N) is 1. The molecule has 0 aliphatic carbocycles. The number of rotatable bonds is 7. The minimum absolute atomic E-state index is 0.0387. The number of carbonyl (C=O) groups is 2. The fourth-order valence-corrected chi connectivity index (χ4v) is 3.90. The summed E-state index contributed by atoms with van der Waals surface area (Å²) in [5.74, 6) is 0.156. The van der Waals surface area contributed by atoms with E-state index >= 15 is 0 Å². The van der Waals surface area contributed by atoms with Crippen LogP contribution in [0.1, 0.15) is 55.7 Å². The van der Waals surface area contributed by atoms with Gasteiger partial charge in [0.05, 0.1) is 11.4 Å². The van der Waals surface area contributed by atoms with Crippen LogP contribution in [0.4, 0.5) is 5.82 Å². The van der Waals surface area contributed by atoms with Crippen LogP contribution < -0.4 is 5.32 Å². The van der Waals surface area contributed by atoms with Gasteiger partial charge < -0.3 is 10.2 Å². The molecular weight excluding hydrogens is 480 g/mol. The Bertz CT molecular complexity index is 1150. The van der Waals surface area contributed by atoms with Crippen LogP contribution in [-0.2, 0) is 10.2 Å². The van der Waals surface area contributed by atoms with E-state index in [2.05, 4.69) is 42.0 Å². The van der Waals surface area contributed by atoms with Crippen molar-refractivity contribution in [3.63, 3.8) is 0 Å². The van der Waals surface area contributed by atoms with Crippen molar-refractivity contribution < 1.29 is 9.59 Å². The van der Waals surface area contributed by atoms with E-state index in [1.54, 1.807) is 21.7 Å². The number of hydrogen-bond donors (Lipinski definition) is 1. The van der Waals surface area contributed by atoms with E-state index in [4.69, 9.17) is 5.10 Å². The largest absolute Gasteiger partial charge is 0.329 e. The van der Waals surface area contributed by atoms with Gasteiger partial charge in [0.25, 0.3) is 5.91 Å². The number of para-hydroxylation sites is 1. The summed E-state index contributed by atoms with van der Waals surface area (Å²) < 4.78 is 2.60. The lowest BCUT2D eigenvalue weighted by Crippen LogP contribution is -2.38. The SMILES string of the molecule is CCCN(CC(=O)Nc1cc(C(C)(C)C)nn1-c1ccccc1C)C(=O)c1cccc(Br)c1. The molecule has 0 aliphatic rings. The highest BCUT2D eigenvalue weighted by molar-refractivity contribution is 9.10. The molecule has 0 saturated carbocycles. The van der Waals surface area contributed by atoms with Gasteiger partial charge in [-0.3, -0.25) is 9.59 Å². The maximum atomic E-state index is 13.1. The molecule has 2 amide bonds. The summed E-state index contributed by atoms with van der Waals surface area (Å²) in [5, 5.41) is 7.78. The Hall–Kier alpha value is -2.93. The van der Waals surface area contributed by atoms with Gasteiger partial charge in [-0.1, -0.05) is 67.9 Å². The van der Waals surface area contributed by atoms with Crippen molar-refractivity contribution in [3.8, 4) is 5.69 Å². The highest BCUT2D eigenvalue weighted by Crippen LogP contribution is 2.27. The normalized spacial score (nSPS) is 11.3. The molecule has 1 N–H and O–H groups in total. The Morgan fingerprint density at radius 2 is 1.82 bits per heavy atom. The average molecular weight is 511 g/mol. The summed E-state index contributed by atoms with van der Waals surface area (Å²) in [5.41, 5.74) is 3.19. The number of halogens is 1. The summed E-state index contributed by atoms with van der Waals surface area (Å²) in [6.45, 7) is 10.7. The van der Waals surface area contributed by atoms with Crippen LogP contribution in [0.5, 0.6) is 0 Å². The van der Waals surface area contributed by atoms with Crippen LogP contribution in [0.25, 0.3) is 5.69 Å². The van der Waals surface area contributed by atoms with Gasteiger partial charge in [-0.25, -0.2) is 4.68 Å². The second kappa shape index (κ2) is 10.3. The first-order valence-corrected chi connectivity index (χ1v) is 11.9. The fourth-order valence-electron chi connectivity index (χ4n) is 3.50. The number of amides is 2. The van der Waals surface area contributed by atoms with Crippen molar-refractivity contribution in [2.45, 2.75) is 46.5 Å². The van der Waals surface area contributed by atoms with Gasteiger partial charge in [0.1, 0.15) is 12.4 Å². The standard InChI is InChI=1S/C26H31BrN4O2/c1-6-14-30(25(33)19-11-9-12-20(27)15-19)17-24(32)28-23-16-22(26(3,4)5)29-31(23)21-13-8-7-10-18(21)2/h7-13,15-16H,6,14,17H2,1-5H3,(H,28,32). The smallest absolute Gasteiger partial charge is 0.254 e. The van der Waals surface area contributed by atoms with Gasteiger partial charge in [0, 0.05) is 28.1 Å². The first kappa shape index (κ1) is 24.7. The van der Waals surface area contributed by atoms with E-state index in [0.29, 0.717) is 17.9 Å². The molecule has 33 heavy (non-hydrogen) atoms. The van der Waals surface area contributed by atoms with Crippen molar-refractivity contribution in [1.82, 2.24) is 14.7 Å². The zero-order valence-electron chi connectivity index (χ0n) is 19.9. The predicted molar refractivity (Wildman–Crippen MR) is 136 cm³/mol. The first-order valence-electron chi connectivity index (χ1n) is 11.1. The lowest BCUT2D eigenvalue weighted by molar-refractivity contribution is -0.116. The summed E-state index contributed by atoms with van der Waals surface area (Å²) in [7, 11) is 0. The van der Waals surface area contributed by atoms with E-state index in [-0.39, 0.29) is 23.8 Å². The van der Waals surface area contributed by atoms with E-state index in [1.807, 2.05) is 56.3 Å². The van der Waals surface area contributed by atoms with Crippen molar-refractivity contribution in [3.05, 3.63) is 75.9 Å². The number of benzene rings is 2. The third kappa shape index (κ3) is 6.11. The minimum atomic E-state index is -0.262. The molecule has 2 aromatic carbocycles. The molecule has 3 aromatic rings. The first-order chi connectivity index (χ1) is 15.6. The van der Waals surface area contributed by atoms with Crippen LogP contribution in [-0.4, -0.2) is 39.6 Å². The van der Waals surface area contributed by atoms with Gasteiger partial charge in [-0.05, 0) is 43.2 Å². The van der Waals surface area contributed by atoms with Crippen LogP contribution >= 0.6 is 15.9 Å². The molecule has 0 radical (unpaired) electrons. The van der Waals surface area contributed by atoms with Crippen molar-refractivity contribution in [1.29, 1.82) is 0 Å². The Kier molecular flexibility index (Phi) is 7.74. The molecule has 0 unspecified atom stereocenters. The minimum Gasteiger partial charge on any atom is -0.329 e. The summed E-state index contributed by atoms with van der Waals surface area (Å²) in [4.78, 5) is 27.7. The third-order valence-electron chi connectivity index (χ3n) is 5.28. The Morgan fingerprint density at radius 1 is 1.09 bits per heavy atom. The third-order valence-corrected chi connectivity index (χ3v) is 5.77. The molecule has 6 nitrogen and oxygen atoms in total. The highest BCUT2D eigenvalue weighted by atomic mass is 79.9. The van der Waals surface area contributed by atoms with E-state index in [9.17, 15) is 9.59 Å². The van der Waals surface area contributed by atoms with Crippen molar-refractivity contribution in [2.24, 2.45) is 0 Å². The summed E-state index contributed by atoms with van der Waals surface area (Å²) >= 11 is 3.41. The van der Waals surface area contributed by atoms with Gasteiger partial charge in [0.15, 0.2) is 0 Å². The Balaban J connectivity index is 1.87. The maximum Gasteiger partial charge on any atom is 0.254 e. The highest BCUT2D eigenvalue weighted by Gasteiger charge is 2.23. The van der Waals surface area contributed by atoms with Gasteiger partial charge in [-0.15, -0.1) is 0 Å². The second-order valence-corrected chi connectivity index (χ2v) is 10.1. The molecule has 7 heteroatoms. The summed E-state index contributed by atoms with van der Waals surface area (Å²) in [6, 6.07) is 17.0. The van der Waals surface area contributed by atoms with Crippen LogP contribution in [0.3, 0.4) is 0 Å². The second-order valence-electron chi connectivity index (χ2n) is 9.15. The van der Waals surface area contributed by atoms with Crippen LogP contribution in [0.15, 0.2) is 59.1 Å². The maximum absolute atomic E-state index is 13.1. The topological polar surface area (TPSA) is 67.2 Å². The average Bonchev–Trinajstić information content (AvgIpc) is 3.17. The molecule has 1 heterocycles. The van der Waals surface area contributed by atoms with Gasteiger partial charge >= 0.3 is 0 Å². The van der Waals surface area contributed by atoms with Crippen molar-refractivity contribution in [2.75, 3.05) is 18.4 Å². The Labute approximate surface area is 204 Å². The molecule has 0 fully saturated rings. The predicted octanol–water partition coefficient (Wildman–Crippen LogP) is 5.73. The molecule has 174 valence electrons. The van der Waals surface area contributed by atoms with E-state index in [0.717, 1.165) is 27.8 Å². The molecule has 0 bridgehead atoms. The summed E-state index contributed by atoms with van der Waals surface area (Å²) in [6.07, 6.45) is 0.752. The lowest BCUT2D eigenvalue weighted by Gasteiger charge is -2.22. The Morgan fingerprint density at radius 3 is 2.45 bits per heavy atom. The zero-order valence-corrected chi connectivity index (χ0v) is 21.4. The fraction of sp³-hybridized carbons (Fsp3) is 0.346. The van der Waals surface area contributed by atoms with Crippen LogP contribution in [0, 0.1) is 6.92 Å². The quantitative estimate of drug-likeness (QED) is 0.441. The molecule has 3 rings (SSSR count). The van der Waals surface area contributed by atoms with E-state index in [1.165, 1.54) is 0 Å². The number of nitrogens with zero attached hydrogens (tertiary/aromatic N) is 3. The van der Waals surface area contributed by atoms with Crippen molar-refractivity contribution >= 4 is 33.6 Å². The monoisotopic (exact) mass is 510 g/mol. The van der Waals surface area contributed by atoms with Gasteiger partial charge in [0.2, 0.25) is 5.91 Å². The number of aromatic nitrogens is 2. The number of hydrogen-bond acceptors (Lipinski definition) is 3. The number of aryl methyl sites for hydroxylation is 1. The van der Waals surface area contributed by atoms with E-state index < -0.39 is 0 Å².